The van der Waals surface area contributed by atoms with E-state index in [1.54, 1.807) is 6.21 Å². The number of aromatic nitrogens is 2. The Labute approximate surface area is 147 Å². The summed E-state index contributed by atoms with van der Waals surface area (Å²) < 4.78 is 7.34. The molecule has 1 aromatic rings. The summed E-state index contributed by atoms with van der Waals surface area (Å²) in [6.07, 6.45) is 6.24. The third-order valence-corrected chi connectivity index (χ3v) is 4.34. The fraction of sp³-hybridized carbons (Fsp3) is 0.667. The largest absolute Gasteiger partial charge is 0.376 e. The average molecular weight is 358 g/mol. The maximum Gasteiger partial charge on any atom is 0.187 e. The summed E-state index contributed by atoms with van der Waals surface area (Å²) in [5.41, 5.74) is 4.47. The van der Waals surface area contributed by atoms with Crippen molar-refractivity contribution in [1.29, 1.82) is 0 Å². The van der Waals surface area contributed by atoms with Gasteiger partial charge in [-0.1, -0.05) is 24.9 Å². The lowest BCUT2D eigenvalue weighted by Crippen LogP contribution is -2.37. The second-order valence-corrected chi connectivity index (χ2v) is 6.35. The van der Waals surface area contributed by atoms with E-state index in [1.165, 1.54) is 0 Å². The minimum Gasteiger partial charge on any atom is -0.376 e. The molecule has 1 aromatic heterocycles. The molecule has 0 amide bonds. The second-order valence-electron chi connectivity index (χ2n) is 5.58. The van der Waals surface area contributed by atoms with E-state index in [0.717, 1.165) is 50.1 Å². The predicted molar refractivity (Wildman–Crippen MR) is 97.2 cm³/mol. The number of thiocarbonyl (C=S) groups is 1. The van der Waals surface area contributed by atoms with E-state index >= 15 is 0 Å². The van der Waals surface area contributed by atoms with Crippen molar-refractivity contribution in [2.24, 2.45) is 5.10 Å². The molecule has 0 aromatic carbocycles. The van der Waals surface area contributed by atoms with Gasteiger partial charge in [-0.3, -0.25) is 10.1 Å². The standard InChI is InChI=1S/C15H24ClN5OS/c1-3-4-7-21-14(16)13(11(2)20-21)10-18-19-15(23)17-9-12-6-5-8-22-12/h10,12H,3-9H2,1-2H3,(H2,17,19,23)/b18-10-/t12-/m0/s1. The lowest BCUT2D eigenvalue weighted by Gasteiger charge is -2.11. The van der Waals surface area contributed by atoms with Gasteiger partial charge in [-0.15, -0.1) is 0 Å². The molecule has 0 unspecified atom stereocenters. The maximum atomic E-state index is 6.34. The molecule has 2 rings (SSSR count). The van der Waals surface area contributed by atoms with Crippen LogP contribution < -0.4 is 10.7 Å². The smallest absolute Gasteiger partial charge is 0.187 e. The normalized spacial score (nSPS) is 17.8. The van der Waals surface area contributed by atoms with Crippen molar-refractivity contribution in [3.8, 4) is 0 Å². The zero-order valence-corrected chi connectivity index (χ0v) is 15.2. The van der Waals surface area contributed by atoms with Crippen molar-refractivity contribution in [3.05, 3.63) is 16.4 Å². The monoisotopic (exact) mass is 357 g/mol. The average Bonchev–Trinajstić information content (AvgIpc) is 3.14. The molecular weight excluding hydrogens is 334 g/mol. The molecule has 23 heavy (non-hydrogen) atoms. The highest BCUT2D eigenvalue weighted by atomic mass is 35.5. The summed E-state index contributed by atoms with van der Waals surface area (Å²) >= 11 is 11.5. The first-order valence-corrected chi connectivity index (χ1v) is 8.81. The Morgan fingerprint density at radius 3 is 3.13 bits per heavy atom. The van der Waals surface area contributed by atoms with Crippen molar-refractivity contribution in [1.82, 2.24) is 20.5 Å². The number of nitrogens with zero attached hydrogens (tertiary/aromatic N) is 3. The van der Waals surface area contributed by atoms with Gasteiger partial charge in [0.1, 0.15) is 5.15 Å². The first-order valence-electron chi connectivity index (χ1n) is 8.03. The van der Waals surface area contributed by atoms with Crippen LogP contribution in [0.3, 0.4) is 0 Å². The summed E-state index contributed by atoms with van der Waals surface area (Å²) in [5.74, 6) is 0. The van der Waals surface area contributed by atoms with E-state index < -0.39 is 0 Å². The minimum absolute atomic E-state index is 0.243. The molecule has 0 spiro atoms. The van der Waals surface area contributed by atoms with Gasteiger partial charge in [-0.25, -0.2) is 0 Å². The predicted octanol–water partition coefficient (Wildman–Crippen LogP) is 2.62. The van der Waals surface area contributed by atoms with Crippen LogP contribution in [-0.4, -0.2) is 40.4 Å². The topological polar surface area (TPSA) is 63.5 Å². The van der Waals surface area contributed by atoms with Crippen molar-refractivity contribution < 1.29 is 4.74 Å². The molecule has 1 aliphatic heterocycles. The Morgan fingerprint density at radius 1 is 1.61 bits per heavy atom. The van der Waals surface area contributed by atoms with Gasteiger partial charge in [-0.2, -0.15) is 10.2 Å². The van der Waals surface area contributed by atoms with E-state index in [-0.39, 0.29) is 6.10 Å². The highest BCUT2D eigenvalue weighted by Crippen LogP contribution is 2.18. The Kier molecular flexibility index (Phi) is 7.26. The van der Waals surface area contributed by atoms with Crippen LogP contribution in [0.2, 0.25) is 5.15 Å². The number of halogens is 1. The van der Waals surface area contributed by atoms with Gasteiger partial charge >= 0.3 is 0 Å². The molecule has 2 heterocycles. The molecule has 1 saturated heterocycles. The Bertz CT molecular complexity index is 554. The zero-order chi connectivity index (χ0) is 16.7. The number of aryl methyl sites for hydroxylation is 2. The first-order chi connectivity index (χ1) is 11.1. The maximum absolute atomic E-state index is 6.34. The first kappa shape index (κ1) is 18.2. The molecule has 6 nitrogen and oxygen atoms in total. The van der Waals surface area contributed by atoms with Gasteiger partial charge in [-0.05, 0) is 38.4 Å². The lowest BCUT2D eigenvalue weighted by molar-refractivity contribution is 0.114. The van der Waals surface area contributed by atoms with Crippen LogP contribution in [-0.2, 0) is 11.3 Å². The summed E-state index contributed by atoms with van der Waals surface area (Å²) in [4.78, 5) is 0. The van der Waals surface area contributed by atoms with E-state index in [9.17, 15) is 0 Å². The van der Waals surface area contributed by atoms with Crippen LogP contribution in [0, 0.1) is 6.92 Å². The van der Waals surface area contributed by atoms with Crippen LogP contribution in [0.25, 0.3) is 0 Å². The molecule has 128 valence electrons. The third kappa shape index (κ3) is 5.44. The summed E-state index contributed by atoms with van der Waals surface area (Å²) in [6.45, 7) is 6.42. The van der Waals surface area contributed by atoms with E-state index in [0.29, 0.717) is 16.8 Å². The van der Waals surface area contributed by atoms with Crippen LogP contribution in [0.15, 0.2) is 5.10 Å². The summed E-state index contributed by atoms with van der Waals surface area (Å²) in [6, 6.07) is 0. The molecule has 0 aliphatic carbocycles. The molecule has 0 radical (unpaired) electrons. The summed E-state index contributed by atoms with van der Waals surface area (Å²) in [5, 5.41) is 12.8. The van der Waals surface area contributed by atoms with Gasteiger partial charge in [0, 0.05) is 19.7 Å². The summed E-state index contributed by atoms with van der Waals surface area (Å²) in [7, 11) is 0. The zero-order valence-electron chi connectivity index (χ0n) is 13.6. The Morgan fingerprint density at radius 2 is 2.43 bits per heavy atom. The number of rotatable bonds is 7. The highest BCUT2D eigenvalue weighted by molar-refractivity contribution is 7.80. The van der Waals surface area contributed by atoms with Crippen LogP contribution in [0.5, 0.6) is 0 Å². The van der Waals surface area contributed by atoms with E-state index in [2.05, 4.69) is 27.9 Å². The number of ether oxygens (including phenoxy) is 1. The lowest BCUT2D eigenvalue weighted by atomic mass is 10.2. The molecule has 1 fully saturated rings. The number of hydrogen-bond acceptors (Lipinski definition) is 4. The quantitative estimate of drug-likeness (QED) is 0.446. The second kappa shape index (κ2) is 9.20. The number of unbranched alkanes of at least 4 members (excludes halogenated alkanes) is 1. The highest BCUT2D eigenvalue weighted by Gasteiger charge is 2.15. The molecule has 0 bridgehead atoms. The van der Waals surface area contributed by atoms with Gasteiger partial charge < -0.3 is 10.1 Å². The fourth-order valence-corrected chi connectivity index (χ4v) is 2.82. The molecule has 2 N–H and O–H groups in total. The van der Waals surface area contributed by atoms with E-state index in [4.69, 9.17) is 28.6 Å². The van der Waals surface area contributed by atoms with Gasteiger partial charge in [0.25, 0.3) is 0 Å². The Balaban J connectivity index is 1.82. The molecular formula is C15H24ClN5OS. The van der Waals surface area contributed by atoms with Gasteiger partial charge in [0.15, 0.2) is 5.11 Å². The number of hydrogen-bond donors (Lipinski definition) is 2. The fourth-order valence-electron chi connectivity index (χ4n) is 2.38. The van der Waals surface area contributed by atoms with Crippen molar-refractivity contribution in [2.45, 2.75) is 52.2 Å². The molecule has 8 heteroatoms. The SMILES string of the molecule is CCCCn1nc(C)c(/C=N\NC(=S)NC[C@@H]2CCCO2)c1Cl. The minimum atomic E-state index is 0.243. The van der Waals surface area contributed by atoms with Crippen molar-refractivity contribution in [3.63, 3.8) is 0 Å². The van der Waals surface area contributed by atoms with Gasteiger partial charge in [0.05, 0.1) is 23.6 Å². The molecule has 1 atom stereocenters. The van der Waals surface area contributed by atoms with Crippen LogP contribution >= 0.6 is 23.8 Å². The Hall–Kier alpha value is -1.18. The number of hydrazone groups is 1. The molecule has 1 aliphatic rings. The van der Waals surface area contributed by atoms with Crippen molar-refractivity contribution >= 4 is 35.1 Å². The van der Waals surface area contributed by atoms with Gasteiger partial charge in [0.2, 0.25) is 0 Å². The molecule has 0 saturated carbocycles. The number of nitrogens with one attached hydrogen (secondary N) is 2. The van der Waals surface area contributed by atoms with E-state index in [1.807, 2.05) is 11.6 Å². The van der Waals surface area contributed by atoms with Crippen LogP contribution in [0.4, 0.5) is 0 Å². The van der Waals surface area contributed by atoms with Crippen LogP contribution in [0.1, 0.15) is 43.9 Å². The van der Waals surface area contributed by atoms with Crippen molar-refractivity contribution in [2.75, 3.05) is 13.2 Å². The third-order valence-electron chi connectivity index (χ3n) is 3.71.